The number of nitrogens with zero attached hydrogens (tertiary/aromatic N) is 3. The van der Waals surface area contributed by atoms with Gasteiger partial charge in [0.05, 0.1) is 25.9 Å². The van der Waals surface area contributed by atoms with Crippen LogP contribution in [0.3, 0.4) is 0 Å². The van der Waals surface area contributed by atoms with Crippen molar-refractivity contribution >= 4 is 0 Å². The average Bonchev–Trinajstić information content (AvgIpc) is 2.77. The van der Waals surface area contributed by atoms with Crippen molar-refractivity contribution in [3.05, 3.63) is 82.2 Å². The maximum atomic E-state index is 10.8. The quantitative estimate of drug-likeness (QED) is 0.396. The summed E-state index contributed by atoms with van der Waals surface area (Å²) in [7, 11) is 1.50. The van der Waals surface area contributed by atoms with Crippen LogP contribution in [0.4, 0.5) is 0 Å². The molecule has 154 valence electrons. The molecule has 0 unspecified atom stereocenters. The second kappa shape index (κ2) is 10.9. The van der Waals surface area contributed by atoms with Gasteiger partial charge in [0, 0.05) is 12.0 Å². The molecule has 5 atom stereocenters. The Balaban J connectivity index is 1.76. The molecule has 0 bridgehead atoms. The van der Waals surface area contributed by atoms with E-state index in [-0.39, 0.29) is 6.54 Å². The second-order valence-corrected chi connectivity index (χ2v) is 6.71. The van der Waals surface area contributed by atoms with E-state index in [0.717, 1.165) is 11.1 Å². The van der Waals surface area contributed by atoms with Crippen LogP contribution in [0.15, 0.2) is 65.8 Å². The van der Waals surface area contributed by atoms with E-state index in [2.05, 4.69) is 10.0 Å². The third kappa shape index (κ3) is 5.77. The van der Waals surface area contributed by atoms with Crippen LogP contribution in [0, 0.1) is 0 Å². The molecule has 2 aromatic carbocycles. The average molecular weight is 399 g/mol. The maximum absolute atomic E-state index is 10.8. The molecule has 1 aliphatic rings. The summed E-state index contributed by atoms with van der Waals surface area (Å²) in [5, 5.41) is 14.4. The highest BCUT2D eigenvalue weighted by Crippen LogP contribution is 2.28. The van der Waals surface area contributed by atoms with Crippen LogP contribution in [0.1, 0.15) is 11.1 Å². The second-order valence-electron chi connectivity index (χ2n) is 6.71. The molecule has 0 amide bonds. The molecule has 0 radical (unpaired) electrons. The predicted octanol–water partition coefficient (Wildman–Crippen LogP) is 3.20. The number of aliphatic hydroxyl groups excluding tert-OH is 1. The molecule has 1 aliphatic heterocycles. The third-order valence-electron chi connectivity index (χ3n) is 4.75. The van der Waals surface area contributed by atoms with Crippen molar-refractivity contribution in [1.29, 1.82) is 0 Å². The number of hydrogen-bond acceptors (Lipinski definition) is 6. The molecular weight excluding hydrogens is 374 g/mol. The number of rotatable bonds is 9. The minimum Gasteiger partial charge on any atom is -0.388 e. The molecule has 8 nitrogen and oxygen atoms in total. The lowest BCUT2D eigenvalue weighted by atomic mass is 9.98. The molecule has 2 aromatic rings. The van der Waals surface area contributed by atoms with Gasteiger partial charge >= 0.3 is 0 Å². The summed E-state index contributed by atoms with van der Waals surface area (Å²) in [6.07, 6.45) is -3.97. The lowest BCUT2D eigenvalue weighted by Crippen LogP contribution is -2.60. The maximum Gasteiger partial charge on any atom is 0.186 e. The first-order valence-corrected chi connectivity index (χ1v) is 9.41. The minimum absolute atomic E-state index is 0.0336. The predicted molar refractivity (Wildman–Crippen MR) is 106 cm³/mol. The fourth-order valence-electron chi connectivity index (χ4n) is 3.25. The van der Waals surface area contributed by atoms with Crippen LogP contribution in [-0.2, 0) is 32.2 Å². The summed E-state index contributed by atoms with van der Waals surface area (Å²) in [6, 6.07) is 19.3. The van der Waals surface area contributed by atoms with Gasteiger partial charge in [-0.1, -0.05) is 65.8 Å². The van der Waals surface area contributed by atoms with Crippen molar-refractivity contribution in [2.45, 2.75) is 43.9 Å². The van der Waals surface area contributed by atoms with E-state index in [1.807, 2.05) is 60.7 Å². The summed E-state index contributed by atoms with van der Waals surface area (Å²) in [5.74, 6) is 0. The highest BCUT2D eigenvalue weighted by atomic mass is 16.7. The molecule has 0 aromatic heterocycles. The van der Waals surface area contributed by atoms with Crippen LogP contribution in [0.5, 0.6) is 0 Å². The van der Waals surface area contributed by atoms with E-state index in [4.69, 9.17) is 24.5 Å². The number of hydrogen-bond donors (Lipinski definition) is 1. The normalized spacial score (nSPS) is 26.6. The molecule has 1 heterocycles. The van der Waals surface area contributed by atoms with Crippen LogP contribution in [0.2, 0.25) is 0 Å². The Morgan fingerprint density at radius 1 is 0.966 bits per heavy atom. The Hall–Kier alpha value is -2.45. The van der Waals surface area contributed by atoms with Crippen LogP contribution in [0.25, 0.3) is 10.4 Å². The van der Waals surface area contributed by atoms with Crippen LogP contribution in [-0.4, -0.2) is 49.5 Å². The van der Waals surface area contributed by atoms with Gasteiger partial charge in [-0.3, -0.25) is 0 Å². The highest BCUT2D eigenvalue weighted by Gasteiger charge is 2.46. The van der Waals surface area contributed by atoms with Gasteiger partial charge in [0.2, 0.25) is 0 Å². The highest BCUT2D eigenvalue weighted by molar-refractivity contribution is 5.14. The monoisotopic (exact) mass is 399 g/mol. The van der Waals surface area contributed by atoms with Crippen molar-refractivity contribution in [2.75, 3.05) is 13.7 Å². The van der Waals surface area contributed by atoms with E-state index < -0.39 is 30.7 Å². The molecule has 0 aliphatic carbocycles. The van der Waals surface area contributed by atoms with Gasteiger partial charge in [-0.05, 0) is 16.7 Å². The van der Waals surface area contributed by atoms with Gasteiger partial charge in [-0.25, -0.2) is 0 Å². The standard InChI is InChI=1S/C21H25N3O5/c1-26-21-20(28-14-16-10-6-3-7-11-16)19(18(25)17(29-21)12-23-24-22)27-13-15-8-4-2-5-9-15/h2-11,17-21,25H,12-14H2,1H3/t17-,18+,19+,20-,21+/m1/s1. The Kier molecular flexibility index (Phi) is 8.01. The summed E-state index contributed by atoms with van der Waals surface area (Å²) >= 11 is 0. The Morgan fingerprint density at radius 3 is 2.03 bits per heavy atom. The topological polar surface area (TPSA) is 106 Å². The van der Waals surface area contributed by atoms with Gasteiger partial charge in [-0.2, -0.15) is 0 Å². The molecule has 1 fully saturated rings. The van der Waals surface area contributed by atoms with Crippen LogP contribution < -0.4 is 0 Å². The molecule has 1 N–H and O–H groups in total. The smallest absolute Gasteiger partial charge is 0.186 e. The zero-order valence-corrected chi connectivity index (χ0v) is 16.2. The molecule has 1 saturated heterocycles. The number of methoxy groups -OCH3 is 1. The molecular formula is C21H25N3O5. The Labute approximate surface area is 169 Å². The number of azide groups is 1. The summed E-state index contributed by atoms with van der Waals surface area (Å²) in [4.78, 5) is 2.75. The first kappa shape index (κ1) is 21.3. The molecule has 3 rings (SSSR count). The van der Waals surface area contributed by atoms with E-state index >= 15 is 0 Å². The third-order valence-corrected chi connectivity index (χ3v) is 4.75. The lowest BCUT2D eigenvalue weighted by molar-refractivity contribution is -0.308. The van der Waals surface area contributed by atoms with E-state index in [0.29, 0.717) is 13.2 Å². The minimum atomic E-state index is -1.05. The zero-order chi connectivity index (χ0) is 20.5. The molecule has 8 heteroatoms. The first-order valence-electron chi connectivity index (χ1n) is 9.41. The van der Waals surface area contributed by atoms with E-state index in [1.54, 1.807) is 0 Å². The lowest BCUT2D eigenvalue weighted by Gasteiger charge is -2.43. The van der Waals surface area contributed by atoms with Crippen molar-refractivity contribution in [3.8, 4) is 0 Å². The van der Waals surface area contributed by atoms with Gasteiger partial charge < -0.3 is 24.1 Å². The van der Waals surface area contributed by atoms with Gasteiger partial charge in [0.15, 0.2) is 6.29 Å². The zero-order valence-electron chi connectivity index (χ0n) is 16.2. The van der Waals surface area contributed by atoms with E-state index in [1.165, 1.54) is 7.11 Å². The molecule has 29 heavy (non-hydrogen) atoms. The molecule has 0 spiro atoms. The van der Waals surface area contributed by atoms with Gasteiger partial charge in [0.1, 0.15) is 18.3 Å². The van der Waals surface area contributed by atoms with Gasteiger partial charge in [-0.15, -0.1) is 0 Å². The van der Waals surface area contributed by atoms with Crippen molar-refractivity contribution < 1.29 is 24.1 Å². The van der Waals surface area contributed by atoms with Crippen LogP contribution >= 0.6 is 0 Å². The number of benzene rings is 2. The largest absolute Gasteiger partial charge is 0.388 e. The fourth-order valence-corrected chi connectivity index (χ4v) is 3.25. The van der Waals surface area contributed by atoms with Gasteiger partial charge in [0.25, 0.3) is 0 Å². The SMILES string of the molecule is CO[C@H]1O[C@H](CN=[N+]=[N-])[C@H](O)[C@H](OCc2ccccc2)[C@H]1OCc1ccccc1. The fraction of sp³-hybridized carbons (Fsp3) is 0.429. The summed E-state index contributed by atoms with van der Waals surface area (Å²) < 4.78 is 23.4. The summed E-state index contributed by atoms with van der Waals surface area (Å²) in [5.41, 5.74) is 10.6. The van der Waals surface area contributed by atoms with Crippen molar-refractivity contribution in [1.82, 2.24) is 0 Å². The molecule has 0 saturated carbocycles. The Morgan fingerprint density at radius 2 is 1.52 bits per heavy atom. The van der Waals surface area contributed by atoms with Crippen molar-refractivity contribution in [2.24, 2.45) is 5.11 Å². The number of ether oxygens (including phenoxy) is 4. The summed E-state index contributed by atoms with van der Waals surface area (Å²) in [6.45, 7) is 0.570. The first-order chi connectivity index (χ1) is 14.2. The Bertz CT molecular complexity index is 785. The van der Waals surface area contributed by atoms with Crippen molar-refractivity contribution in [3.63, 3.8) is 0 Å². The van der Waals surface area contributed by atoms with E-state index in [9.17, 15) is 5.11 Å². The number of aliphatic hydroxyl groups is 1.